The predicted molar refractivity (Wildman–Crippen MR) is 74.4 cm³/mol. The Hall–Kier alpha value is -0.910. The maximum Gasteiger partial charge on any atom is 0.240 e. The van der Waals surface area contributed by atoms with Gasteiger partial charge < -0.3 is 5.11 Å². The van der Waals surface area contributed by atoms with Crippen LogP contribution in [0, 0.1) is 12.3 Å². The first-order valence-corrected chi connectivity index (χ1v) is 8.13. The van der Waals surface area contributed by atoms with Gasteiger partial charge in [-0.1, -0.05) is 30.5 Å². The minimum absolute atomic E-state index is 0.0451. The summed E-state index contributed by atoms with van der Waals surface area (Å²) in [5.41, 5.74) is 0.763. The maximum absolute atomic E-state index is 12.2. The summed E-state index contributed by atoms with van der Waals surface area (Å²) in [6.45, 7) is 2.28. The first-order chi connectivity index (χ1) is 8.97. The largest absolute Gasteiger partial charge is 0.396 e. The number of sulfonamides is 1. The summed E-state index contributed by atoms with van der Waals surface area (Å²) in [6, 6.07) is 6.79. The van der Waals surface area contributed by atoms with Crippen molar-refractivity contribution >= 4 is 10.0 Å². The highest BCUT2D eigenvalue weighted by molar-refractivity contribution is 7.89. The number of aliphatic hydroxyl groups excluding tert-OH is 1. The van der Waals surface area contributed by atoms with Gasteiger partial charge in [0.05, 0.1) is 4.90 Å². The van der Waals surface area contributed by atoms with Crippen molar-refractivity contribution in [2.45, 2.75) is 37.5 Å². The Balaban J connectivity index is 2.07. The molecular weight excluding hydrogens is 262 g/mol. The van der Waals surface area contributed by atoms with E-state index in [1.807, 2.05) is 6.92 Å². The summed E-state index contributed by atoms with van der Waals surface area (Å²) in [6.07, 6.45) is 3.90. The molecule has 0 heterocycles. The molecule has 1 aromatic carbocycles. The second-order valence-corrected chi connectivity index (χ2v) is 7.27. The van der Waals surface area contributed by atoms with Crippen LogP contribution in [0.15, 0.2) is 29.2 Å². The molecule has 0 bridgehead atoms. The lowest BCUT2D eigenvalue weighted by Crippen LogP contribution is -2.38. The molecule has 4 nitrogen and oxygen atoms in total. The van der Waals surface area contributed by atoms with E-state index in [4.69, 9.17) is 0 Å². The number of aliphatic hydroxyl groups is 1. The van der Waals surface area contributed by atoms with Crippen LogP contribution < -0.4 is 4.72 Å². The zero-order valence-electron chi connectivity index (χ0n) is 11.2. The third kappa shape index (κ3) is 3.35. The Bertz CT molecular complexity index is 516. The highest BCUT2D eigenvalue weighted by Gasteiger charge is 2.34. The fraction of sp³-hybridized carbons (Fsp3) is 0.571. The Morgan fingerprint density at radius 1 is 1.21 bits per heavy atom. The van der Waals surface area contributed by atoms with Crippen molar-refractivity contribution in [3.8, 4) is 0 Å². The molecule has 0 aromatic heterocycles. The van der Waals surface area contributed by atoms with Gasteiger partial charge in [-0.3, -0.25) is 0 Å². The predicted octanol–water partition coefficient (Wildman–Crippen LogP) is 1.83. The van der Waals surface area contributed by atoms with Gasteiger partial charge in [-0.15, -0.1) is 0 Å². The average Bonchev–Trinajstić information content (AvgIpc) is 2.87. The molecule has 5 heteroatoms. The van der Waals surface area contributed by atoms with E-state index >= 15 is 0 Å². The van der Waals surface area contributed by atoms with E-state index in [0.29, 0.717) is 6.54 Å². The minimum atomic E-state index is -3.47. The summed E-state index contributed by atoms with van der Waals surface area (Å²) in [4.78, 5) is 0.282. The summed E-state index contributed by atoms with van der Waals surface area (Å²) in [5.74, 6) is 0. The normalized spacial score (nSPS) is 18.6. The van der Waals surface area contributed by atoms with Crippen molar-refractivity contribution in [2.24, 2.45) is 5.41 Å². The highest BCUT2D eigenvalue weighted by Crippen LogP contribution is 2.37. The van der Waals surface area contributed by atoms with E-state index in [2.05, 4.69) is 4.72 Å². The number of nitrogens with one attached hydrogen (secondary N) is 1. The smallest absolute Gasteiger partial charge is 0.240 e. The van der Waals surface area contributed by atoms with Gasteiger partial charge in [0.25, 0.3) is 0 Å². The summed E-state index contributed by atoms with van der Waals surface area (Å²) in [5, 5.41) is 9.49. The SMILES string of the molecule is Cc1ccc(S(=O)(=O)NCC2(CO)CCCC2)cc1. The van der Waals surface area contributed by atoms with Crippen LogP contribution in [-0.2, 0) is 10.0 Å². The van der Waals surface area contributed by atoms with Crippen molar-refractivity contribution in [1.29, 1.82) is 0 Å². The van der Waals surface area contributed by atoms with Crippen molar-refractivity contribution in [2.75, 3.05) is 13.2 Å². The first kappa shape index (κ1) is 14.5. The van der Waals surface area contributed by atoms with Crippen molar-refractivity contribution in [1.82, 2.24) is 4.72 Å². The van der Waals surface area contributed by atoms with Gasteiger partial charge in [0.15, 0.2) is 0 Å². The molecule has 0 atom stereocenters. The number of rotatable bonds is 5. The summed E-state index contributed by atoms with van der Waals surface area (Å²) >= 11 is 0. The fourth-order valence-corrected chi connectivity index (χ4v) is 3.72. The highest BCUT2D eigenvalue weighted by atomic mass is 32.2. The quantitative estimate of drug-likeness (QED) is 0.866. The molecule has 1 aromatic rings. The summed E-state index contributed by atoms with van der Waals surface area (Å²) < 4.78 is 27.0. The number of benzene rings is 1. The Morgan fingerprint density at radius 2 is 1.79 bits per heavy atom. The van der Waals surface area contributed by atoms with E-state index in [1.54, 1.807) is 24.3 Å². The zero-order valence-corrected chi connectivity index (χ0v) is 12.0. The molecule has 106 valence electrons. The van der Waals surface area contributed by atoms with Gasteiger partial charge >= 0.3 is 0 Å². The first-order valence-electron chi connectivity index (χ1n) is 6.65. The van der Waals surface area contributed by atoms with Crippen molar-refractivity contribution < 1.29 is 13.5 Å². The molecule has 2 N–H and O–H groups in total. The molecule has 1 aliphatic rings. The van der Waals surface area contributed by atoms with Crippen molar-refractivity contribution in [3.63, 3.8) is 0 Å². The van der Waals surface area contributed by atoms with Gasteiger partial charge in [-0.25, -0.2) is 13.1 Å². The van der Waals surface area contributed by atoms with Crippen LogP contribution in [0.25, 0.3) is 0 Å². The van der Waals surface area contributed by atoms with Crippen LogP contribution >= 0.6 is 0 Å². The number of hydrogen-bond donors (Lipinski definition) is 2. The molecule has 0 spiro atoms. The van der Waals surface area contributed by atoms with E-state index in [9.17, 15) is 13.5 Å². The summed E-state index contributed by atoms with van der Waals surface area (Å²) in [7, 11) is -3.47. The molecule has 0 radical (unpaired) electrons. The van der Waals surface area contributed by atoms with Crippen LogP contribution in [0.1, 0.15) is 31.2 Å². The number of aryl methyl sites for hydroxylation is 1. The van der Waals surface area contributed by atoms with Gasteiger partial charge in [0, 0.05) is 18.6 Å². The Morgan fingerprint density at radius 3 is 2.32 bits per heavy atom. The van der Waals surface area contributed by atoms with E-state index in [1.165, 1.54) is 0 Å². The molecule has 0 amide bonds. The second-order valence-electron chi connectivity index (χ2n) is 5.50. The Labute approximate surface area is 114 Å². The van der Waals surface area contributed by atoms with E-state index in [-0.39, 0.29) is 16.9 Å². The van der Waals surface area contributed by atoms with Gasteiger partial charge in [0.1, 0.15) is 0 Å². The molecule has 2 rings (SSSR count). The van der Waals surface area contributed by atoms with Crippen LogP contribution in [0.2, 0.25) is 0 Å². The standard InChI is InChI=1S/C14H21NO3S/c1-12-4-6-13(7-5-12)19(17,18)15-10-14(11-16)8-2-3-9-14/h4-7,15-16H,2-3,8-11H2,1H3. The third-order valence-electron chi connectivity index (χ3n) is 3.97. The fourth-order valence-electron chi connectivity index (χ4n) is 2.56. The van der Waals surface area contributed by atoms with Gasteiger partial charge in [0.2, 0.25) is 10.0 Å². The molecule has 0 aliphatic heterocycles. The molecule has 1 aliphatic carbocycles. The molecule has 19 heavy (non-hydrogen) atoms. The molecular formula is C14H21NO3S. The zero-order chi connectivity index (χ0) is 13.9. The molecule has 1 saturated carbocycles. The van der Waals surface area contributed by atoms with E-state index in [0.717, 1.165) is 31.2 Å². The minimum Gasteiger partial charge on any atom is -0.396 e. The maximum atomic E-state index is 12.2. The lowest BCUT2D eigenvalue weighted by Gasteiger charge is -2.26. The molecule has 0 saturated heterocycles. The van der Waals surface area contributed by atoms with Crippen molar-refractivity contribution in [3.05, 3.63) is 29.8 Å². The van der Waals surface area contributed by atoms with Crippen LogP contribution in [0.3, 0.4) is 0 Å². The van der Waals surface area contributed by atoms with Gasteiger partial charge in [-0.2, -0.15) is 0 Å². The average molecular weight is 283 g/mol. The lowest BCUT2D eigenvalue weighted by atomic mass is 9.88. The monoisotopic (exact) mass is 283 g/mol. The van der Waals surface area contributed by atoms with E-state index < -0.39 is 10.0 Å². The third-order valence-corrected chi connectivity index (χ3v) is 5.39. The van der Waals surface area contributed by atoms with Crippen LogP contribution in [0.4, 0.5) is 0 Å². The Kier molecular flexibility index (Phi) is 4.28. The molecule has 1 fully saturated rings. The topological polar surface area (TPSA) is 66.4 Å². The second kappa shape index (κ2) is 5.61. The number of hydrogen-bond acceptors (Lipinski definition) is 3. The lowest BCUT2D eigenvalue weighted by molar-refractivity contribution is 0.134. The van der Waals surface area contributed by atoms with Crippen LogP contribution in [0.5, 0.6) is 0 Å². The van der Waals surface area contributed by atoms with Gasteiger partial charge in [-0.05, 0) is 31.9 Å². The molecule has 0 unspecified atom stereocenters. The van der Waals surface area contributed by atoms with Crippen LogP contribution in [-0.4, -0.2) is 26.7 Å².